The molecule has 3 nitrogen and oxygen atoms in total. The molecule has 3 rings (SSSR count). The van der Waals surface area contributed by atoms with Gasteiger partial charge in [0.2, 0.25) is 0 Å². The molecule has 1 aliphatic rings. The third-order valence-electron chi connectivity index (χ3n) is 3.14. The highest BCUT2D eigenvalue weighted by Crippen LogP contribution is 2.33. The molecule has 0 bridgehead atoms. The van der Waals surface area contributed by atoms with Crippen molar-refractivity contribution in [1.29, 1.82) is 0 Å². The van der Waals surface area contributed by atoms with Crippen LogP contribution in [0.1, 0.15) is 24.6 Å². The summed E-state index contributed by atoms with van der Waals surface area (Å²) in [6.07, 6.45) is 2.45. The number of rotatable bonds is 2. The quantitative estimate of drug-likeness (QED) is 0.922. The van der Waals surface area contributed by atoms with Crippen molar-refractivity contribution >= 4 is 27.3 Å². The fraction of sp³-hybridized carbons (Fsp3) is 0.417. The third kappa shape index (κ3) is 2.19. The highest BCUT2D eigenvalue weighted by molar-refractivity contribution is 9.11. The molecule has 0 amide bonds. The van der Waals surface area contributed by atoms with Crippen molar-refractivity contribution in [2.24, 2.45) is 7.05 Å². The number of nitrogens with one attached hydrogen (secondary N) is 1. The summed E-state index contributed by atoms with van der Waals surface area (Å²) in [7, 11) is 2.02. The normalized spacial score (nSPS) is 20.0. The summed E-state index contributed by atoms with van der Waals surface area (Å²) in [5.74, 6) is 0. The molecule has 1 N–H and O–H groups in total. The maximum absolute atomic E-state index is 4.62. The van der Waals surface area contributed by atoms with Gasteiger partial charge in [-0.1, -0.05) is 0 Å². The van der Waals surface area contributed by atoms with Gasteiger partial charge in [0, 0.05) is 7.05 Å². The summed E-state index contributed by atoms with van der Waals surface area (Å²) in [6, 6.07) is 6.87. The number of halogens is 1. The van der Waals surface area contributed by atoms with Crippen LogP contribution >= 0.6 is 27.3 Å². The lowest BCUT2D eigenvalue weighted by Gasteiger charge is -2.04. The average molecular weight is 312 g/mol. The average Bonchev–Trinajstić information content (AvgIpc) is 2.97. The van der Waals surface area contributed by atoms with Crippen molar-refractivity contribution in [1.82, 2.24) is 15.1 Å². The highest BCUT2D eigenvalue weighted by Gasteiger charge is 2.20. The molecule has 2 aromatic rings. The molecule has 1 aliphatic heterocycles. The van der Waals surface area contributed by atoms with E-state index >= 15 is 0 Å². The number of nitrogens with zero attached hydrogens (tertiary/aromatic N) is 2. The van der Waals surface area contributed by atoms with E-state index in [2.05, 4.69) is 44.5 Å². The van der Waals surface area contributed by atoms with E-state index in [9.17, 15) is 0 Å². The Morgan fingerprint density at radius 1 is 1.53 bits per heavy atom. The minimum Gasteiger partial charge on any atom is -0.309 e. The maximum Gasteiger partial charge on any atom is 0.0800 e. The molecule has 0 aliphatic carbocycles. The smallest absolute Gasteiger partial charge is 0.0800 e. The van der Waals surface area contributed by atoms with Crippen LogP contribution in [0.3, 0.4) is 0 Å². The predicted molar refractivity (Wildman–Crippen MR) is 74.2 cm³/mol. The summed E-state index contributed by atoms with van der Waals surface area (Å²) >= 11 is 5.25. The first kappa shape index (κ1) is 11.4. The molecule has 5 heteroatoms. The van der Waals surface area contributed by atoms with Crippen molar-refractivity contribution in [3.05, 3.63) is 27.7 Å². The Morgan fingerprint density at radius 2 is 2.41 bits per heavy atom. The Labute approximate surface area is 113 Å². The molecule has 90 valence electrons. The second kappa shape index (κ2) is 4.55. The number of aromatic nitrogens is 2. The SMILES string of the molecule is Cn1nc(C2CCCN2)cc1-c1ccc(Br)s1. The lowest BCUT2D eigenvalue weighted by atomic mass is 10.1. The topological polar surface area (TPSA) is 29.9 Å². The van der Waals surface area contributed by atoms with Crippen molar-refractivity contribution in [3.63, 3.8) is 0 Å². The molecular weight excluding hydrogens is 298 g/mol. The number of aryl methyl sites for hydroxylation is 1. The Bertz CT molecular complexity index is 526. The van der Waals surface area contributed by atoms with Gasteiger partial charge in [-0.25, -0.2) is 0 Å². The third-order valence-corrected chi connectivity index (χ3v) is 4.79. The summed E-state index contributed by atoms with van der Waals surface area (Å²) in [6.45, 7) is 1.11. The zero-order chi connectivity index (χ0) is 11.8. The first-order valence-corrected chi connectivity index (χ1v) is 7.38. The molecule has 1 atom stereocenters. The van der Waals surface area contributed by atoms with Gasteiger partial charge in [0.05, 0.1) is 26.1 Å². The Kier molecular flexibility index (Phi) is 3.06. The van der Waals surface area contributed by atoms with Crippen molar-refractivity contribution in [2.45, 2.75) is 18.9 Å². The standard InChI is InChI=1S/C12H14BrN3S/c1-16-10(11-4-5-12(13)17-11)7-9(15-16)8-3-2-6-14-8/h4-5,7-8,14H,2-3,6H2,1H3. The second-order valence-electron chi connectivity index (χ2n) is 4.33. The van der Waals surface area contributed by atoms with Crippen molar-refractivity contribution < 1.29 is 0 Å². The van der Waals surface area contributed by atoms with Crippen LogP contribution < -0.4 is 5.32 Å². The van der Waals surface area contributed by atoms with Crippen molar-refractivity contribution in [2.75, 3.05) is 6.54 Å². The summed E-state index contributed by atoms with van der Waals surface area (Å²) in [4.78, 5) is 1.26. The Balaban J connectivity index is 1.95. The van der Waals surface area contributed by atoms with Crippen molar-refractivity contribution in [3.8, 4) is 10.6 Å². The summed E-state index contributed by atoms with van der Waals surface area (Å²) in [5, 5.41) is 8.11. The van der Waals surface area contributed by atoms with Crippen LogP contribution in [0.25, 0.3) is 10.6 Å². The van der Waals surface area contributed by atoms with Gasteiger partial charge >= 0.3 is 0 Å². The van der Waals surface area contributed by atoms with Gasteiger partial charge in [0.25, 0.3) is 0 Å². The van der Waals surface area contributed by atoms with Crippen LogP contribution in [-0.2, 0) is 7.05 Å². The van der Waals surface area contributed by atoms with E-state index in [-0.39, 0.29) is 0 Å². The Morgan fingerprint density at radius 3 is 3.06 bits per heavy atom. The fourth-order valence-electron chi connectivity index (χ4n) is 2.28. The van der Waals surface area contributed by atoms with Gasteiger partial charge in [-0.05, 0) is 53.5 Å². The maximum atomic E-state index is 4.62. The molecule has 3 heterocycles. The Hall–Kier alpha value is -0.650. The van der Waals surface area contributed by atoms with E-state index in [0.717, 1.165) is 10.3 Å². The molecule has 0 saturated carbocycles. The van der Waals surface area contributed by atoms with Crippen LogP contribution in [0.4, 0.5) is 0 Å². The summed E-state index contributed by atoms with van der Waals surface area (Å²) in [5.41, 5.74) is 2.37. The van der Waals surface area contributed by atoms with Gasteiger partial charge in [0.15, 0.2) is 0 Å². The molecule has 1 saturated heterocycles. The van der Waals surface area contributed by atoms with Gasteiger partial charge in [-0.2, -0.15) is 5.10 Å². The van der Waals surface area contributed by atoms with E-state index in [0.29, 0.717) is 6.04 Å². The molecule has 0 aromatic carbocycles. The zero-order valence-electron chi connectivity index (χ0n) is 9.61. The first-order chi connectivity index (χ1) is 8.24. The van der Waals surface area contributed by atoms with Crippen LogP contribution in [0.15, 0.2) is 22.0 Å². The van der Waals surface area contributed by atoms with E-state index in [1.54, 1.807) is 11.3 Å². The summed E-state index contributed by atoms with van der Waals surface area (Å²) < 4.78 is 3.14. The van der Waals surface area contributed by atoms with Crippen LogP contribution in [-0.4, -0.2) is 16.3 Å². The van der Waals surface area contributed by atoms with Crippen LogP contribution in [0, 0.1) is 0 Å². The second-order valence-corrected chi connectivity index (χ2v) is 6.79. The van der Waals surface area contributed by atoms with E-state index in [1.807, 2.05) is 11.7 Å². The van der Waals surface area contributed by atoms with Gasteiger partial charge in [0.1, 0.15) is 0 Å². The van der Waals surface area contributed by atoms with Gasteiger partial charge in [-0.15, -0.1) is 11.3 Å². The minimum atomic E-state index is 0.443. The molecular formula is C12H14BrN3S. The van der Waals surface area contributed by atoms with E-state index in [4.69, 9.17) is 0 Å². The lowest BCUT2D eigenvalue weighted by molar-refractivity contribution is 0.607. The highest BCUT2D eigenvalue weighted by atomic mass is 79.9. The van der Waals surface area contributed by atoms with E-state index < -0.39 is 0 Å². The molecule has 1 fully saturated rings. The molecule has 2 aromatic heterocycles. The van der Waals surface area contributed by atoms with Gasteiger partial charge in [-0.3, -0.25) is 4.68 Å². The van der Waals surface area contributed by atoms with Crippen LogP contribution in [0.2, 0.25) is 0 Å². The molecule has 0 radical (unpaired) electrons. The van der Waals surface area contributed by atoms with E-state index in [1.165, 1.54) is 29.1 Å². The molecule has 0 spiro atoms. The fourth-order valence-corrected chi connectivity index (χ4v) is 3.71. The first-order valence-electron chi connectivity index (χ1n) is 5.77. The number of thiophene rings is 1. The monoisotopic (exact) mass is 311 g/mol. The lowest BCUT2D eigenvalue weighted by Crippen LogP contribution is -2.13. The van der Waals surface area contributed by atoms with Gasteiger partial charge < -0.3 is 5.32 Å². The predicted octanol–water partition coefficient (Wildman–Crippen LogP) is 3.34. The molecule has 17 heavy (non-hydrogen) atoms. The zero-order valence-corrected chi connectivity index (χ0v) is 12.0. The largest absolute Gasteiger partial charge is 0.309 e. The number of hydrogen-bond donors (Lipinski definition) is 1. The minimum absolute atomic E-state index is 0.443. The number of hydrogen-bond acceptors (Lipinski definition) is 3. The molecule has 1 unspecified atom stereocenters. The van der Waals surface area contributed by atoms with Crippen LogP contribution in [0.5, 0.6) is 0 Å².